The van der Waals surface area contributed by atoms with Crippen molar-refractivity contribution in [3.05, 3.63) is 19.0 Å². The molecule has 19 heavy (non-hydrogen) atoms. The Morgan fingerprint density at radius 2 is 2.21 bits per heavy atom. The van der Waals surface area contributed by atoms with Gasteiger partial charge in [0, 0.05) is 19.6 Å². The summed E-state index contributed by atoms with van der Waals surface area (Å²) >= 11 is 0. The number of nitrogen functional groups attached to an aromatic ring is 1. The third kappa shape index (κ3) is 2.52. The lowest BCUT2D eigenvalue weighted by molar-refractivity contribution is 0.345. The molecule has 0 saturated heterocycles. The monoisotopic (exact) mass is 284 g/mol. The number of rotatable bonds is 5. The van der Waals surface area contributed by atoms with E-state index in [1.807, 2.05) is 0 Å². The molecule has 1 aliphatic carbocycles. The smallest absolute Gasteiger partial charge is 0.263 e. The molecule has 1 heterocycles. The molecule has 1 aromatic heterocycles. The van der Waals surface area contributed by atoms with Gasteiger partial charge in [0.15, 0.2) is 10.8 Å². The van der Waals surface area contributed by atoms with E-state index in [2.05, 4.69) is 11.6 Å². The Kier molecular flexibility index (Phi) is 3.96. The Bertz CT molecular complexity index is 539. The van der Waals surface area contributed by atoms with Gasteiger partial charge in [-0.2, -0.15) is 4.31 Å². The number of aromatic nitrogens is 2. The summed E-state index contributed by atoms with van der Waals surface area (Å²) in [7, 11) is -1.99. The van der Waals surface area contributed by atoms with E-state index < -0.39 is 10.0 Å². The predicted octanol–water partition coefficient (Wildman–Crippen LogP) is 1.12. The second-order valence-electron chi connectivity index (χ2n) is 4.85. The molecule has 6 nitrogen and oxygen atoms in total. The third-order valence-electron chi connectivity index (χ3n) is 3.50. The molecule has 1 fully saturated rings. The van der Waals surface area contributed by atoms with Crippen LogP contribution in [0, 0.1) is 0 Å². The van der Waals surface area contributed by atoms with E-state index in [1.165, 1.54) is 15.2 Å². The lowest BCUT2D eigenvalue weighted by atomic mass is 10.2. The van der Waals surface area contributed by atoms with Gasteiger partial charge in [-0.3, -0.25) is 0 Å². The highest BCUT2D eigenvalue weighted by molar-refractivity contribution is 7.89. The van der Waals surface area contributed by atoms with Gasteiger partial charge in [0.05, 0.1) is 6.33 Å². The molecular weight excluding hydrogens is 264 g/mol. The summed E-state index contributed by atoms with van der Waals surface area (Å²) in [6, 6.07) is 0.0392. The van der Waals surface area contributed by atoms with Crippen molar-refractivity contribution >= 4 is 15.8 Å². The van der Waals surface area contributed by atoms with Crippen LogP contribution in [-0.2, 0) is 17.1 Å². The van der Waals surface area contributed by atoms with E-state index in [0.29, 0.717) is 6.54 Å². The van der Waals surface area contributed by atoms with E-state index in [0.717, 1.165) is 25.7 Å². The molecule has 0 amide bonds. The summed E-state index contributed by atoms with van der Waals surface area (Å²) in [6.45, 7) is 3.95. The molecule has 0 bridgehead atoms. The van der Waals surface area contributed by atoms with Crippen LogP contribution in [0.3, 0.4) is 0 Å². The van der Waals surface area contributed by atoms with Crippen molar-refractivity contribution in [2.45, 2.75) is 36.8 Å². The molecule has 7 heteroatoms. The zero-order valence-electron chi connectivity index (χ0n) is 11.1. The molecule has 106 valence electrons. The molecule has 0 unspecified atom stereocenters. The van der Waals surface area contributed by atoms with Crippen molar-refractivity contribution in [1.82, 2.24) is 13.9 Å². The first kappa shape index (κ1) is 14.1. The van der Waals surface area contributed by atoms with Crippen molar-refractivity contribution < 1.29 is 8.42 Å². The number of anilines is 1. The topological polar surface area (TPSA) is 81.2 Å². The van der Waals surface area contributed by atoms with Crippen LogP contribution in [0.5, 0.6) is 0 Å². The van der Waals surface area contributed by atoms with Crippen molar-refractivity contribution in [3.8, 4) is 0 Å². The van der Waals surface area contributed by atoms with Gasteiger partial charge in [-0.1, -0.05) is 18.9 Å². The first-order valence-electron chi connectivity index (χ1n) is 6.38. The SMILES string of the molecule is C=CCN(C1CCCC1)S(=O)(=O)c1c(N)ncn1C. The Labute approximate surface area is 114 Å². The van der Waals surface area contributed by atoms with Crippen LogP contribution in [0.2, 0.25) is 0 Å². The Hall–Kier alpha value is -1.34. The van der Waals surface area contributed by atoms with Gasteiger partial charge in [0.25, 0.3) is 10.0 Å². The van der Waals surface area contributed by atoms with Gasteiger partial charge in [-0.25, -0.2) is 13.4 Å². The summed E-state index contributed by atoms with van der Waals surface area (Å²) in [5, 5.41) is 0.0706. The average Bonchev–Trinajstić information content (AvgIpc) is 2.96. The molecule has 0 radical (unpaired) electrons. The second kappa shape index (κ2) is 5.34. The summed E-state index contributed by atoms with van der Waals surface area (Å²) in [5.74, 6) is 0.0505. The molecular formula is C12H20N4O2S. The summed E-state index contributed by atoms with van der Waals surface area (Å²) < 4.78 is 28.5. The van der Waals surface area contributed by atoms with E-state index >= 15 is 0 Å². The molecule has 1 aromatic rings. The lowest BCUT2D eigenvalue weighted by Gasteiger charge is -2.26. The Morgan fingerprint density at radius 1 is 1.58 bits per heavy atom. The van der Waals surface area contributed by atoms with Gasteiger partial charge < -0.3 is 10.3 Å². The summed E-state index contributed by atoms with van der Waals surface area (Å²) in [4.78, 5) is 3.86. The van der Waals surface area contributed by atoms with Gasteiger partial charge in [0.2, 0.25) is 0 Å². The van der Waals surface area contributed by atoms with E-state index in [9.17, 15) is 8.42 Å². The van der Waals surface area contributed by atoms with Gasteiger partial charge in [-0.05, 0) is 12.8 Å². The number of imidazole rings is 1. The number of hydrogen-bond acceptors (Lipinski definition) is 4. The van der Waals surface area contributed by atoms with Crippen LogP contribution in [0.4, 0.5) is 5.82 Å². The van der Waals surface area contributed by atoms with E-state index in [1.54, 1.807) is 13.1 Å². The van der Waals surface area contributed by atoms with Crippen molar-refractivity contribution in [2.75, 3.05) is 12.3 Å². The minimum Gasteiger partial charge on any atom is -0.381 e. The number of sulfonamides is 1. The van der Waals surface area contributed by atoms with Gasteiger partial charge in [-0.15, -0.1) is 6.58 Å². The van der Waals surface area contributed by atoms with Crippen molar-refractivity contribution in [1.29, 1.82) is 0 Å². The van der Waals surface area contributed by atoms with Crippen molar-refractivity contribution in [3.63, 3.8) is 0 Å². The molecule has 2 rings (SSSR count). The minimum absolute atomic E-state index is 0.0392. The predicted molar refractivity (Wildman–Crippen MR) is 74.0 cm³/mol. The third-order valence-corrected chi connectivity index (χ3v) is 5.55. The molecule has 1 saturated carbocycles. The number of nitrogens with zero attached hydrogens (tertiary/aromatic N) is 3. The van der Waals surface area contributed by atoms with Crippen LogP contribution < -0.4 is 5.73 Å². The lowest BCUT2D eigenvalue weighted by Crippen LogP contribution is -2.39. The molecule has 0 spiro atoms. The first-order chi connectivity index (χ1) is 8.98. The highest BCUT2D eigenvalue weighted by atomic mass is 32.2. The minimum atomic E-state index is -3.63. The number of nitrogens with two attached hydrogens (primary N) is 1. The summed E-state index contributed by atoms with van der Waals surface area (Å²) in [6.07, 6.45) is 6.95. The van der Waals surface area contributed by atoms with Crippen LogP contribution in [0.25, 0.3) is 0 Å². The second-order valence-corrected chi connectivity index (χ2v) is 6.65. The molecule has 0 aromatic carbocycles. The maximum atomic E-state index is 12.7. The van der Waals surface area contributed by atoms with Crippen LogP contribution in [-0.4, -0.2) is 34.9 Å². The standard InChI is InChI=1S/C12H20N4O2S/c1-3-8-16(10-6-4-5-7-10)19(17,18)12-11(13)14-9-15(12)2/h3,9-10H,1,4-8,13H2,2H3. The van der Waals surface area contributed by atoms with Crippen molar-refractivity contribution in [2.24, 2.45) is 7.05 Å². The molecule has 1 aliphatic rings. The maximum Gasteiger partial charge on any atom is 0.263 e. The normalized spacial score (nSPS) is 17.2. The number of hydrogen-bond donors (Lipinski definition) is 1. The Morgan fingerprint density at radius 3 is 2.68 bits per heavy atom. The van der Waals surface area contributed by atoms with Crippen LogP contribution >= 0.6 is 0 Å². The molecule has 0 atom stereocenters. The van der Waals surface area contributed by atoms with Gasteiger partial charge >= 0.3 is 0 Å². The quantitative estimate of drug-likeness (QED) is 0.822. The van der Waals surface area contributed by atoms with Crippen LogP contribution in [0.15, 0.2) is 24.0 Å². The molecule has 0 aliphatic heterocycles. The van der Waals surface area contributed by atoms with E-state index in [-0.39, 0.29) is 16.9 Å². The van der Waals surface area contributed by atoms with Gasteiger partial charge in [0.1, 0.15) is 0 Å². The number of aryl methyl sites for hydroxylation is 1. The fourth-order valence-corrected chi connectivity index (χ4v) is 4.48. The van der Waals surface area contributed by atoms with Crippen LogP contribution in [0.1, 0.15) is 25.7 Å². The highest BCUT2D eigenvalue weighted by Gasteiger charge is 2.35. The first-order valence-corrected chi connectivity index (χ1v) is 7.82. The zero-order chi connectivity index (χ0) is 14.0. The average molecular weight is 284 g/mol. The molecule has 2 N–H and O–H groups in total. The maximum absolute atomic E-state index is 12.7. The fourth-order valence-electron chi connectivity index (χ4n) is 2.63. The highest BCUT2D eigenvalue weighted by Crippen LogP contribution is 2.30. The fraction of sp³-hybridized carbons (Fsp3) is 0.583. The van der Waals surface area contributed by atoms with E-state index in [4.69, 9.17) is 5.73 Å². The Balaban J connectivity index is 2.42. The summed E-state index contributed by atoms with van der Waals surface area (Å²) in [5.41, 5.74) is 5.70. The largest absolute Gasteiger partial charge is 0.381 e. The zero-order valence-corrected chi connectivity index (χ0v) is 11.9.